The first-order chi connectivity index (χ1) is 21.9. The molecule has 46 heavy (non-hydrogen) atoms. The Labute approximate surface area is 276 Å². The van der Waals surface area contributed by atoms with Crippen molar-refractivity contribution in [3.8, 4) is 11.1 Å². The van der Waals surface area contributed by atoms with E-state index >= 15 is 0 Å². The number of hydrogen-bond donors (Lipinski definition) is 1. The second-order valence-corrected chi connectivity index (χ2v) is 13.6. The minimum Gasteiger partial charge on any atom is -0.460 e. The standard InChI is InChI=1S/C37H45ClFNO6/c1-36(2,3)46-35(42)40-30(19-15-26-13-16-28(17-14-26)31-22-29(38)18-20-32(31)39)23-37(4,25-45-33-12-8-9-21-43-33)34(41)44-24-27-10-6-5-7-11-27/h5-7,10-11,13-14,16-18,20,22,30,33H,8-9,12,15,19,21,23-25H2,1-4H3,(H,40,42)/t30-,33?,37+/m1/s1. The van der Waals surface area contributed by atoms with Crippen molar-refractivity contribution in [2.45, 2.75) is 90.8 Å². The first kappa shape index (κ1) is 35.4. The van der Waals surface area contributed by atoms with Gasteiger partial charge in [0.1, 0.15) is 18.0 Å². The minimum absolute atomic E-state index is 0.0671. The first-order valence-electron chi connectivity index (χ1n) is 15.9. The smallest absolute Gasteiger partial charge is 0.407 e. The number of alkyl carbamates (subject to hydrolysis) is 1. The number of esters is 1. The molecule has 1 saturated heterocycles. The lowest BCUT2D eigenvalue weighted by molar-refractivity contribution is -0.191. The summed E-state index contributed by atoms with van der Waals surface area (Å²) in [6.45, 7) is 8.02. The molecule has 1 aliphatic rings. The van der Waals surface area contributed by atoms with Crippen LogP contribution in [0.5, 0.6) is 0 Å². The number of carbonyl (C=O) groups is 2. The molecule has 3 aromatic carbocycles. The summed E-state index contributed by atoms with van der Waals surface area (Å²) in [5.74, 6) is -0.769. The van der Waals surface area contributed by atoms with Crippen molar-refractivity contribution in [3.63, 3.8) is 0 Å². The normalized spacial score (nSPS) is 17.0. The molecular weight excluding hydrogens is 609 g/mol. The molecule has 248 valence electrons. The summed E-state index contributed by atoms with van der Waals surface area (Å²) in [4.78, 5) is 26.7. The van der Waals surface area contributed by atoms with Crippen LogP contribution >= 0.6 is 11.6 Å². The molecule has 0 spiro atoms. The van der Waals surface area contributed by atoms with E-state index in [0.717, 1.165) is 30.4 Å². The Morgan fingerprint density at radius 1 is 1.00 bits per heavy atom. The summed E-state index contributed by atoms with van der Waals surface area (Å²) in [5, 5.41) is 3.46. The van der Waals surface area contributed by atoms with Gasteiger partial charge in [-0.2, -0.15) is 0 Å². The Hall–Kier alpha value is -3.46. The quantitative estimate of drug-likeness (QED) is 0.186. The highest BCUT2D eigenvalue weighted by atomic mass is 35.5. The SMILES string of the molecule is CC(C)(C)OC(=O)N[C@H](CCc1ccc(-c2cc(Cl)ccc2F)cc1)C[C@@](C)(COC1CCCCO1)C(=O)OCc1ccccc1. The van der Waals surface area contributed by atoms with Crippen molar-refractivity contribution in [3.05, 3.63) is 94.8 Å². The maximum absolute atomic E-state index is 14.4. The molecule has 1 heterocycles. The van der Waals surface area contributed by atoms with E-state index in [1.807, 2.05) is 54.6 Å². The lowest BCUT2D eigenvalue weighted by atomic mass is 9.82. The van der Waals surface area contributed by atoms with Gasteiger partial charge in [0.05, 0.1) is 12.0 Å². The zero-order valence-electron chi connectivity index (χ0n) is 27.2. The summed E-state index contributed by atoms with van der Waals surface area (Å²) in [6, 6.07) is 21.1. The van der Waals surface area contributed by atoms with E-state index in [1.165, 1.54) is 12.1 Å². The zero-order chi connectivity index (χ0) is 33.2. The molecule has 0 aromatic heterocycles. The van der Waals surface area contributed by atoms with Gasteiger partial charge in [-0.15, -0.1) is 0 Å². The fraction of sp³-hybridized carbons (Fsp3) is 0.459. The van der Waals surface area contributed by atoms with Crippen LogP contribution in [0.3, 0.4) is 0 Å². The van der Waals surface area contributed by atoms with Crippen molar-refractivity contribution in [1.82, 2.24) is 5.32 Å². The highest BCUT2D eigenvalue weighted by Gasteiger charge is 2.39. The second-order valence-electron chi connectivity index (χ2n) is 13.1. The number of ether oxygens (including phenoxy) is 4. The van der Waals surface area contributed by atoms with Crippen molar-refractivity contribution in [1.29, 1.82) is 0 Å². The molecule has 9 heteroatoms. The van der Waals surface area contributed by atoms with Gasteiger partial charge in [0.25, 0.3) is 0 Å². The number of nitrogens with one attached hydrogen (secondary N) is 1. The van der Waals surface area contributed by atoms with Crippen LogP contribution in [0.1, 0.15) is 70.9 Å². The van der Waals surface area contributed by atoms with E-state index in [-0.39, 0.29) is 25.5 Å². The predicted octanol–water partition coefficient (Wildman–Crippen LogP) is 8.66. The van der Waals surface area contributed by atoms with Gasteiger partial charge in [0, 0.05) is 23.2 Å². The van der Waals surface area contributed by atoms with Crippen LogP contribution in [0, 0.1) is 11.2 Å². The Kier molecular flexibility index (Phi) is 12.6. The van der Waals surface area contributed by atoms with Gasteiger partial charge in [-0.1, -0.05) is 66.2 Å². The van der Waals surface area contributed by atoms with Gasteiger partial charge in [-0.25, -0.2) is 9.18 Å². The van der Waals surface area contributed by atoms with Gasteiger partial charge < -0.3 is 24.3 Å². The molecule has 7 nitrogen and oxygen atoms in total. The van der Waals surface area contributed by atoms with Crippen LogP contribution in [0.15, 0.2) is 72.8 Å². The monoisotopic (exact) mass is 653 g/mol. The molecule has 1 fully saturated rings. The molecule has 1 unspecified atom stereocenters. The maximum Gasteiger partial charge on any atom is 0.407 e. The topological polar surface area (TPSA) is 83.1 Å². The van der Waals surface area contributed by atoms with Crippen molar-refractivity contribution >= 4 is 23.7 Å². The zero-order valence-corrected chi connectivity index (χ0v) is 27.9. The molecule has 1 N–H and O–H groups in total. The molecule has 0 bridgehead atoms. The number of carbonyl (C=O) groups excluding carboxylic acids is 2. The maximum atomic E-state index is 14.4. The molecular formula is C37H45ClFNO6. The summed E-state index contributed by atoms with van der Waals surface area (Å²) in [5.41, 5.74) is 1.21. The third-order valence-electron chi connectivity index (χ3n) is 7.82. The second kappa shape index (κ2) is 16.4. The van der Waals surface area contributed by atoms with E-state index in [1.54, 1.807) is 33.8 Å². The van der Waals surface area contributed by atoms with E-state index < -0.39 is 35.4 Å². The third kappa shape index (κ3) is 11.1. The number of hydrogen-bond acceptors (Lipinski definition) is 6. The van der Waals surface area contributed by atoms with E-state index in [4.69, 9.17) is 30.5 Å². The lowest BCUT2D eigenvalue weighted by Crippen LogP contribution is -2.46. The molecule has 0 saturated carbocycles. The summed E-state index contributed by atoms with van der Waals surface area (Å²) in [6.07, 6.45) is 3.10. The number of rotatable bonds is 13. The van der Waals surface area contributed by atoms with E-state index in [0.29, 0.717) is 35.6 Å². The van der Waals surface area contributed by atoms with Crippen molar-refractivity contribution in [2.75, 3.05) is 13.2 Å². The molecule has 0 aliphatic carbocycles. The molecule has 4 rings (SSSR count). The van der Waals surface area contributed by atoms with Crippen LogP contribution in [0.25, 0.3) is 11.1 Å². The van der Waals surface area contributed by atoms with Crippen LogP contribution in [-0.2, 0) is 36.8 Å². The van der Waals surface area contributed by atoms with Gasteiger partial charge in [-0.3, -0.25) is 4.79 Å². The van der Waals surface area contributed by atoms with Gasteiger partial charge in [0.2, 0.25) is 0 Å². The Balaban J connectivity index is 1.51. The summed E-state index contributed by atoms with van der Waals surface area (Å²) in [7, 11) is 0. The molecule has 0 radical (unpaired) electrons. The predicted molar refractivity (Wildman–Crippen MR) is 177 cm³/mol. The van der Waals surface area contributed by atoms with E-state index in [2.05, 4.69) is 5.32 Å². The highest BCUT2D eigenvalue weighted by molar-refractivity contribution is 6.30. The number of amides is 1. The Bertz CT molecular complexity index is 1420. The van der Waals surface area contributed by atoms with E-state index in [9.17, 15) is 14.0 Å². The van der Waals surface area contributed by atoms with Crippen LogP contribution < -0.4 is 5.32 Å². The lowest BCUT2D eigenvalue weighted by Gasteiger charge is -2.34. The number of aryl methyl sites for hydroxylation is 1. The number of benzene rings is 3. The van der Waals surface area contributed by atoms with Gasteiger partial charge in [0.15, 0.2) is 6.29 Å². The molecule has 3 aromatic rings. The summed E-state index contributed by atoms with van der Waals surface area (Å²) < 4.78 is 37.7. The summed E-state index contributed by atoms with van der Waals surface area (Å²) >= 11 is 6.10. The van der Waals surface area contributed by atoms with Crippen LogP contribution in [0.4, 0.5) is 9.18 Å². The van der Waals surface area contributed by atoms with Crippen LogP contribution in [0.2, 0.25) is 5.02 Å². The van der Waals surface area contributed by atoms with Gasteiger partial charge in [-0.05, 0) is 101 Å². The number of halogens is 2. The van der Waals surface area contributed by atoms with Gasteiger partial charge >= 0.3 is 12.1 Å². The Morgan fingerprint density at radius 3 is 2.41 bits per heavy atom. The average Bonchev–Trinajstić information content (AvgIpc) is 3.03. The Morgan fingerprint density at radius 2 is 1.74 bits per heavy atom. The average molecular weight is 654 g/mol. The first-order valence-corrected chi connectivity index (χ1v) is 16.3. The third-order valence-corrected chi connectivity index (χ3v) is 8.06. The van der Waals surface area contributed by atoms with Crippen molar-refractivity contribution in [2.24, 2.45) is 5.41 Å². The molecule has 1 aliphatic heterocycles. The molecule has 3 atom stereocenters. The highest BCUT2D eigenvalue weighted by Crippen LogP contribution is 2.31. The minimum atomic E-state index is -1.09. The van der Waals surface area contributed by atoms with Crippen molar-refractivity contribution < 1.29 is 32.9 Å². The fourth-order valence-electron chi connectivity index (χ4n) is 5.37. The fourth-order valence-corrected chi connectivity index (χ4v) is 5.54. The van der Waals surface area contributed by atoms with Crippen LogP contribution in [-0.4, -0.2) is 43.2 Å². The molecule has 1 amide bonds. The largest absolute Gasteiger partial charge is 0.460 e.